The highest BCUT2D eigenvalue weighted by atomic mass is 16.4. The molecule has 4 nitrogen and oxygen atoms in total. The average molecular weight is 209 g/mol. The Balaban J connectivity index is 3.04. The third kappa shape index (κ3) is 2.27. The molecule has 0 aliphatic heterocycles. The highest BCUT2D eigenvalue weighted by Crippen LogP contribution is 2.28. The lowest BCUT2D eigenvalue weighted by atomic mass is 9.83. The predicted octanol–water partition coefficient (Wildman–Crippen LogP) is 1.30. The maximum absolute atomic E-state index is 10.9. The van der Waals surface area contributed by atoms with Crippen LogP contribution in [0.1, 0.15) is 25.3 Å². The molecule has 0 radical (unpaired) electrons. The zero-order valence-electron chi connectivity index (χ0n) is 8.77. The van der Waals surface area contributed by atoms with E-state index in [0.29, 0.717) is 5.56 Å². The lowest BCUT2D eigenvalue weighted by molar-refractivity contribution is -0.143. The normalized spacial score (nSPS) is 16.7. The van der Waals surface area contributed by atoms with Gasteiger partial charge in [-0.1, -0.05) is 19.1 Å². The van der Waals surface area contributed by atoms with Gasteiger partial charge in [-0.2, -0.15) is 0 Å². The van der Waals surface area contributed by atoms with Crippen LogP contribution in [0.4, 0.5) is 0 Å². The largest absolute Gasteiger partial charge is 0.508 e. The standard InChI is InChI=1S/C11H15NO3/c1-7(11(2,12)10(14)15)8-4-3-5-9(13)6-8/h3-7,13H,12H2,1-2H3,(H,14,15). The van der Waals surface area contributed by atoms with Crippen molar-refractivity contribution in [1.29, 1.82) is 0 Å². The molecule has 4 heteroatoms. The molecule has 0 aliphatic rings. The van der Waals surface area contributed by atoms with E-state index in [1.165, 1.54) is 19.1 Å². The molecule has 0 fully saturated rings. The Labute approximate surface area is 88.3 Å². The lowest BCUT2D eigenvalue weighted by Gasteiger charge is -2.27. The van der Waals surface area contributed by atoms with E-state index in [1.807, 2.05) is 0 Å². The zero-order chi connectivity index (χ0) is 11.6. The Bertz CT molecular complexity index is 374. The van der Waals surface area contributed by atoms with Gasteiger partial charge in [0.15, 0.2) is 0 Å². The highest BCUT2D eigenvalue weighted by Gasteiger charge is 2.35. The average Bonchev–Trinajstić information content (AvgIpc) is 2.16. The fraction of sp³-hybridized carbons (Fsp3) is 0.364. The van der Waals surface area contributed by atoms with E-state index in [9.17, 15) is 9.90 Å². The van der Waals surface area contributed by atoms with Crippen molar-refractivity contribution >= 4 is 5.97 Å². The molecular weight excluding hydrogens is 194 g/mol. The van der Waals surface area contributed by atoms with Crippen LogP contribution in [-0.4, -0.2) is 21.7 Å². The number of carbonyl (C=O) groups is 1. The zero-order valence-corrected chi connectivity index (χ0v) is 8.77. The first-order valence-electron chi connectivity index (χ1n) is 4.67. The minimum absolute atomic E-state index is 0.112. The van der Waals surface area contributed by atoms with Gasteiger partial charge in [0.05, 0.1) is 0 Å². The number of carboxylic acids is 1. The second-order valence-corrected chi connectivity index (χ2v) is 3.90. The van der Waals surface area contributed by atoms with Gasteiger partial charge in [0.1, 0.15) is 11.3 Å². The Morgan fingerprint density at radius 3 is 2.60 bits per heavy atom. The molecule has 0 spiro atoms. The van der Waals surface area contributed by atoms with Crippen molar-refractivity contribution in [2.75, 3.05) is 0 Å². The molecule has 0 aliphatic carbocycles. The maximum Gasteiger partial charge on any atom is 0.324 e. The van der Waals surface area contributed by atoms with Gasteiger partial charge in [-0.3, -0.25) is 4.79 Å². The molecule has 15 heavy (non-hydrogen) atoms. The number of hydrogen-bond donors (Lipinski definition) is 3. The maximum atomic E-state index is 10.9. The monoisotopic (exact) mass is 209 g/mol. The first-order chi connectivity index (χ1) is 6.85. The summed E-state index contributed by atoms with van der Waals surface area (Å²) >= 11 is 0. The van der Waals surface area contributed by atoms with E-state index in [1.54, 1.807) is 19.1 Å². The number of hydrogen-bond acceptors (Lipinski definition) is 3. The molecule has 0 amide bonds. The number of aliphatic carboxylic acids is 1. The number of benzene rings is 1. The van der Waals surface area contributed by atoms with E-state index >= 15 is 0 Å². The van der Waals surface area contributed by atoms with Crippen LogP contribution in [0.5, 0.6) is 5.75 Å². The Morgan fingerprint density at radius 1 is 1.53 bits per heavy atom. The van der Waals surface area contributed by atoms with Crippen LogP contribution < -0.4 is 5.73 Å². The van der Waals surface area contributed by atoms with Crippen molar-refractivity contribution in [1.82, 2.24) is 0 Å². The molecule has 2 atom stereocenters. The summed E-state index contributed by atoms with van der Waals surface area (Å²) in [6, 6.07) is 6.47. The van der Waals surface area contributed by atoms with Crippen molar-refractivity contribution < 1.29 is 15.0 Å². The lowest BCUT2D eigenvalue weighted by Crippen LogP contribution is -2.49. The Kier molecular flexibility index (Phi) is 3.00. The van der Waals surface area contributed by atoms with Gasteiger partial charge >= 0.3 is 5.97 Å². The first-order valence-corrected chi connectivity index (χ1v) is 4.67. The first kappa shape index (κ1) is 11.5. The minimum Gasteiger partial charge on any atom is -0.508 e. The fourth-order valence-corrected chi connectivity index (χ4v) is 1.33. The summed E-state index contributed by atoms with van der Waals surface area (Å²) in [6.07, 6.45) is 0. The number of nitrogens with two attached hydrogens (primary N) is 1. The van der Waals surface area contributed by atoms with Gasteiger partial charge in [-0.15, -0.1) is 0 Å². The smallest absolute Gasteiger partial charge is 0.324 e. The van der Waals surface area contributed by atoms with Crippen LogP contribution in [0.15, 0.2) is 24.3 Å². The van der Waals surface area contributed by atoms with Crippen LogP contribution in [0, 0.1) is 0 Å². The van der Waals surface area contributed by atoms with Crippen molar-refractivity contribution in [3.05, 3.63) is 29.8 Å². The summed E-state index contributed by atoms with van der Waals surface area (Å²) in [5, 5.41) is 18.2. The van der Waals surface area contributed by atoms with Crippen molar-refractivity contribution in [2.45, 2.75) is 25.3 Å². The molecule has 1 aromatic carbocycles. The van der Waals surface area contributed by atoms with Gasteiger partial charge in [-0.05, 0) is 24.6 Å². The Hall–Kier alpha value is -1.55. The minimum atomic E-state index is -1.34. The van der Waals surface area contributed by atoms with Gasteiger partial charge in [-0.25, -0.2) is 0 Å². The molecule has 1 aromatic rings. The van der Waals surface area contributed by atoms with Crippen LogP contribution >= 0.6 is 0 Å². The molecule has 2 unspecified atom stereocenters. The van der Waals surface area contributed by atoms with Gasteiger partial charge < -0.3 is 15.9 Å². The summed E-state index contributed by atoms with van der Waals surface area (Å²) in [4.78, 5) is 10.9. The van der Waals surface area contributed by atoms with Gasteiger partial charge in [0.25, 0.3) is 0 Å². The molecule has 0 saturated carbocycles. The van der Waals surface area contributed by atoms with Crippen LogP contribution in [-0.2, 0) is 4.79 Å². The number of phenolic OH excluding ortho intramolecular Hbond substituents is 1. The molecule has 82 valence electrons. The molecule has 0 saturated heterocycles. The summed E-state index contributed by atoms with van der Waals surface area (Å²) in [7, 11) is 0. The van der Waals surface area contributed by atoms with Crippen molar-refractivity contribution in [3.8, 4) is 5.75 Å². The van der Waals surface area contributed by atoms with Crippen molar-refractivity contribution in [3.63, 3.8) is 0 Å². The SMILES string of the molecule is CC(c1cccc(O)c1)C(C)(N)C(=O)O. The molecule has 1 rings (SSSR count). The van der Waals surface area contributed by atoms with Crippen LogP contribution in [0.25, 0.3) is 0 Å². The van der Waals surface area contributed by atoms with Crippen molar-refractivity contribution in [2.24, 2.45) is 5.73 Å². The third-order valence-corrected chi connectivity index (χ3v) is 2.73. The highest BCUT2D eigenvalue weighted by molar-refractivity contribution is 5.79. The van der Waals surface area contributed by atoms with Crippen LogP contribution in [0.3, 0.4) is 0 Å². The summed E-state index contributed by atoms with van der Waals surface area (Å²) < 4.78 is 0. The second-order valence-electron chi connectivity index (χ2n) is 3.90. The molecular formula is C11H15NO3. The fourth-order valence-electron chi connectivity index (χ4n) is 1.33. The number of phenols is 1. The third-order valence-electron chi connectivity index (χ3n) is 2.73. The summed E-state index contributed by atoms with van der Waals surface area (Å²) in [5.41, 5.74) is 5.08. The molecule has 0 aromatic heterocycles. The second kappa shape index (κ2) is 3.90. The number of aromatic hydroxyl groups is 1. The Morgan fingerprint density at radius 2 is 2.13 bits per heavy atom. The van der Waals surface area contributed by atoms with E-state index in [-0.39, 0.29) is 11.7 Å². The molecule has 4 N–H and O–H groups in total. The number of rotatable bonds is 3. The van der Waals surface area contributed by atoms with Gasteiger partial charge in [0, 0.05) is 5.92 Å². The van der Waals surface area contributed by atoms with E-state index in [0.717, 1.165) is 0 Å². The molecule has 0 bridgehead atoms. The van der Waals surface area contributed by atoms with E-state index in [4.69, 9.17) is 10.8 Å². The van der Waals surface area contributed by atoms with E-state index < -0.39 is 11.5 Å². The summed E-state index contributed by atoms with van der Waals surface area (Å²) in [5.74, 6) is -1.32. The quantitative estimate of drug-likeness (QED) is 0.700. The van der Waals surface area contributed by atoms with Gasteiger partial charge in [0.2, 0.25) is 0 Å². The van der Waals surface area contributed by atoms with E-state index in [2.05, 4.69) is 0 Å². The van der Waals surface area contributed by atoms with Crippen LogP contribution in [0.2, 0.25) is 0 Å². The number of carboxylic acid groups (broad SMARTS) is 1. The topological polar surface area (TPSA) is 83.5 Å². The summed E-state index contributed by atoms with van der Waals surface area (Å²) in [6.45, 7) is 3.19. The predicted molar refractivity (Wildman–Crippen MR) is 56.8 cm³/mol. The molecule has 0 heterocycles.